The van der Waals surface area contributed by atoms with Gasteiger partial charge in [0.2, 0.25) is 0 Å². The number of ether oxygens (including phenoxy) is 2. The second-order valence-corrected chi connectivity index (χ2v) is 14.4. The average Bonchev–Trinajstić information content (AvgIpc) is 3.54. The summed E-state index contributed by atoms with van der Waals surface area (Å²) in [5.41, 5.74) is 6.57. The molecule has 0 saturated carbocycles. The molecule has 0 radical (unpaired) electrons. The molecule has 1 N–H and O–H groups in total. The minimum absolute atomic E-state index is 0.122. The number of hydrogen-bond donors (Lipinski definition) is 1. The summed E-state index contributed by atoms with van der Waals surface area (Å²) in [5, 5.41) is 4.81. The van der Waals surface area contributed by atoms with Crippen LogP contribution in [0, 0.1) is 5.92 Å². The van der Waals surface area contributed by atoms with Crippen molar-refractivity contribution in [1.29, 1.82) is 0 Å². The zero-order valence-electron chi connectivity index (χ0n) is 29.9. The Labute approximate surface area is 299 Å². The fraction of sp³-hybridized carbons (Fsp3) is 0.390. The van der Waals surface area contributed by atoms with Crippen LogP contribution in [-0.2, 0) is 30.7 Å². The van der Waals surface area contributed by atoms with Gasteiger partial charge in [-0.05, 0) is 90.8 Å². The molecule has 0 unspecified atom stereocenters. The molecule has 0 bridgehead atoms. The third-order valence-corrected chi connectivity index (χ3v) is 9.75. The number of benzene rings is 3. The molecule has 0 atom stereocenters. The Kier molecular flexibility index (Phi) is 13.7. The Morgan fingerprint density at radius 3 is 2.50 bits per heavy atom. The van der Waals surface area contributed by atoms with Gasteiger partial charge >= 0.3 is 0 Å². The van der Waals surface area contributed by atoms with Gasteiger partial charge < -0.3 is 28.5 Å². The van der Waals surface area contributed by atoms with Gasteiger partial charge in [0, 0.05) is 48.9 Å². The molecular weight excluding hydrogens is 645 g/mol. The molecule has 0 aliphatic carbocycles. The van der Waals surface area contributed by atoms with Crippen LogP contribution >= 0.6 is 0 Å². The van der Waals surface area contributed by atoms with Crippen molar-refractivity contribution in [3.05, 3.63) is 96.1 Å². The minimum Gasteiger partial charge on any atom is -0.491 e. The maximum Gasteiger partial charge on any atom is 0.251 e. The number of rotatable bonds is 16. The fourth-order valence-corrected chi connectivity index (χ4v) is 6.97. The summed E-state index contributed by atoms with van der Waals surface area (Å²) in [4.78, 5) is 21.0. The molecule has 1 aliphatic rings. The molecule has 0 saturated heterocycles. The van der Waals surface area contributed by atoms with Gasteiger partial charge in [0.25, 0.3) is 5.91 Å². The van der Waals surface area contributed by atoms with E-state index in [4.69, 9.17) is 9.47 Å². The van der Waals surface area contributed by atoms with Crippen molar-refractivity contribution in [2.45, 2.75) is 71.2 Å². The fourth-order valence-electron chi connectivity index (χ4n) is 6.02. The van der Waals surface area contributed by atoms with Crippen molar-refractivity contribution in [3.63, 3.8) is 0 Å². The molecule has 5 rings (SSSR count). The first-order valence-electron chi connectivity index (χ1n) is 17.9. The van der Waals surface area contributed by atoms with E-state index in [-0.39, 0.29) is 5.91 Å². The number of fused-ring (bicyclic) bond motifs is 1. The third-order valence-electron chi connectivity index (χ3n) is 8.56. The number of imidazole rings is 1. The summed E-state index contributed by atoms with van der Waals surface area (Å²) in [6.45, 7) is 13.3. The van der Waals surface area contributed by atoms with Crippen molar-refractivity contribution >= 4 is 39.1 Å². The number of aryl methyl sites for hydroxylation is 1. The number of amides is 1. The Morgan fingerprint density at radius 1 is 0.980 bits per heavy atom. The minimum atomic E-state index is -1.34. The van der Waals surface area contributed by atoms with Crippen molar-refractivity contribution in [3.8, 4) is 16.9 Å². The zero-order valence-corrected chi connectivity index (χ0v) is 30.7. The number of hydrogen-bond acceptors (Lipinski definition) is 7. The van der Waals surface area contributed by atoms with Crippen molar-refractivity contribution in [2.24, 2.45) is 5.92 Å². The Hall–Kier alpha value is -4.34. The standard InChI is InChI=1S/C41H51N4O4S/c1-5-7-22-48-23-24-49-38-15-10-32(11-16-38)33-12-19-40-35(25-33)26-34(9-8-21-44(40)28-31(3)4)41(46)43-36-13-17-39(18-14-36)50(47)29-37-27-42-30-45(37)20-6-2/h10-19,25-27,29-31H,5-9,20-24,28H2,1-4H3,(H,43,46)/q-1. The second-order valence-electron chi connectivity index (χ2n) is 13.1. The van der Waals surface area contributed by atoms with E-state index >= 15 is 0 Å². The SMILES string of the molecule is CCCCOCCOc1ccc(-c2ccc3c(c2)C=C(C(=O)Nc2ccc([S-](=O)=Cc4cncn4CCC)cc2)CCCN3CC(C)C)cc1. The summed E-state index contributed by atoms with van der Waals surface area (Å²) in [5.74, 6) is 1.20. The van der Waals surface area contributed by atoms with Crippen molar-refractivity contribution in [1.82, 2.24) is 9.55 Å². The van der Waals surface area contributed by atoms with Gasteiger partial charge in [-0.3, -0.25) is 4.79 Å². The summed E-state index contributed by atoms with van der Waals surface area (Å²) >= 11 is 0. The number of anilines is 2. The van der Waals surface area contributed by atoms with Crippen molar-refractivity contribution in [2.75, 3.05) is 43.1 Å². The molecule has 50 heavy (non-hydrogen) atoms. The number of nitrogens with zero attached hydrogens (tertiary/aromatic N) is 3. The lowest BCUT2D eigenvalue weighted by Gasteiger charge is -2.30. The first-order valence-corrected chi connectivity index (χ1v) is 19.1. The molecule has 1 amide bonds. The van der Waals surface area contributed by atoms with Crippen LogP contribution in [0.1, 0.15) is 71.1 Å². The van der Waals surface area contributed by atoms with Crippen LogP contribution in [0.15, 0.2) is 89.7 Å². The monoisotopic (exact) mass is 695 g/mol. The van der Waals surface area contributed by atoms with E-state index in [9.17, 15) is 9.00 Å². The summed E-state index contributed by atoms with van der Waals surface area (Å²) in [6.07, 6.45) is 10.2. The van der Waals surface area contributed by atoms with Crippen LogP contribution in [0.5, 0.6) is 5.75 Å². The first-order chi connectivity index (χ1) is 24.3. The molecule has 0 spiro atoms. The maximum atomic E-state index is 13.7. The van der Waals surface area contributed by atoms with Crippen LogP contribution in [0.2, 0.25) is 0 Å². The number of carbonyl (C=O) groups is 1. The topological polar surface area (TPSA) is 85.7 Å². The van der Waals surface area contributed by atoms with Gasteiger partial charge in [-0.2, -0.15) is 0 Å². The van der Waals surface area contributed by atoms with E-state index in [1.165, 1.54) is 0 Å². The number of carbonyl (C=O) groups excluding carboxylic acids is 1. The summed E-state index contributed by atoms with van der Waals surface area (Å²) in [6, 6.07) is 21.9. The third kappa shape index (κ3) is 10.3. The molecular formula is C41H51N4O4S-. The smallest absolute Gasteiger partial charge is 0.251 e. The van der Waals surface area contributed by atoms with Gasteiger partial charge in [0.1, 0.15) is 12.4 Å². The summed E-state index contributed by atoms with van der Waals surface area (Å²) < 4.78 is 26.6. The average molecular weight is 696 g/mol. The highest BCUT2D eigenvalue weighted by atomic mass is 32.2. The van der Waals surface area contributed by atoms with E-state index in [0.717, 1.165) is 91.3 Å². The molecule has 3 aromatic carbocycles. The van der Waals surface area contributed by atoms with Gasteiger partial charge in [0.05, 0.1) is 19.1 Å². The molecule has 9 heteroatoms. The molecule has 266 valence electrons. The maximum absolute atomic E-state index is 13.7. The Balaban J connectivity index is 1.32. The van der Waals surface area contributed by atoms with Crippen LogP contribution in [0.4, 0.5) is 11.4 Å². The molecule has 1 aromatic heterocycles. The van der Waals surface area contributed by atoms with Gasteiger partial charge in [-0.1, -0.05) is 64.4 Å². The predicted octanol–water partition coefficient (Wildman–Crippen LogP) is 8.61. The van der Waals surface area contributed by atoms with Gasteiger partial charge in [-0.15, -0.1) is 10.3 Å². The Bertz CT molecular complexity index is 1800. The molecule has 8 nitrogen and oxygen atoms in total. The highest BCUT2D eigenvalue weighted by Crippen LogP contribution is 2.33. The quantitative estimate of drug-likeness (QED) is 0.0718. The highest BCUT2D eigenvalue weighted by Gasteiger charge is 2.19. The van der Waals surface area contributed by atoms with E-state index in [1.54, 1.807) is 30.0 Å². The van der Waals surface area contributed by atoms with Gasteiger partial charge in [0.15, 0.2) is 0 Å². The number of nitrogens with one attached hydrogen (secondary N) is 1. The van der Waals surface area contributed by atoms with E-state index in [0.29, 0.717) is 36.1 Å². The largest absolute Gasteiger partial charge is 0.491 e. The normalized spacial score (nSPS) is 13.8. The molecule has 0 fully saturated rings. The van der Waals surface area contributed by atoms with E-state index in [1.807, 2.05) is 28.8 Å². The lowest BCUT2D eigenvalue weighted by molar-refractivity contribution is -0.112. The number of aromatic nitrogens is 2. The van der Waals surface area contributed by atoms with Crippen LogP contribution in [-0.4, -0.2) is 53.7 Å². The molecule has 4 aromatic rings. The van der Waals surface area contributed by atoms with E-state index in [2.05, 4.69) is 79.3 Å². The lowest BCUT2D eigenvalue weighted by Crippen LogP contribution is -2.30. The second kappa shape index (κ2) is 18.6. The first kappa shape index (κ1) is 36.9. The van der Waals surface area contributed by atoms with E-state index < -0.39 is 10.4 Å². The molecule has 2 heterocycles. The summed E-state index contributed by atoms with van der Waals surface area (Å²) in [7, 11) is -1.34. The number of unbranched alkanes of at least 4 members (excludes halogenated alkanes) is 1. The predicted molar refractivity (Wildman–Crippen MR) is 206 cm³/mol. The van der Waals surface area contributed by atoms with Gasteiger partial charge in [-0.25, -0.2) is 15.4 Å². The Morgan fingerprint density at radius 2 is 1.76 bits per heavy atom. The van der Waals surface area contributed by atoms with Crippen LogP contribution in [0.3, 0.4) is 0 Å². The van der Waals surface area contributed by atoms with Crippen LogP contribution < -0.4 is 15.0 Å². The van der Waals surface area contributed by atoms with Crippen molar-refractivity contribution < 1.29 is 18.5 Å². The highest BCUT2D eigenvalue weighted by molar-refractivity contribution is 7.84. The lowest BCUT2D eigenvalue weighted by atomic mass is 9.96. The molecule has 1 aliphatic heterocycles. The van der Waals surface area contributed by atoms with Crippen LogP contribution in [0.25, 0.3) is 17.2 Å². The zero-order chi connectivity index (χ0) is 35.3.